The van der Waals surface area contributed by atoms with E-state index >= 15 is 0 Å². The van der Waals surface area contributed by atoms with Crippen LogP contribution in [-0.2, 0) is 14.1 Å². The number of hydrogen-bond donors (Lipinski definition) is 0. The molecule has 1 aromatic heterocycles. The first-order chi connectivity index (χ1) is 10.4. The largest absolute Gasteiger partial charge is 0.437 e. The maximum absolute atomic E-state index is 11.9. The van der Waals surface area contributed by atoms with E-state index in [9.17, 15) is 9.59 Å². The van der Waals surface area contributed by atoms with Gasteiger partial charge in [-0.1, -0.05) is 11.6 Å². The number of nitriles is 2. The zero-order valence-electron chi connectivity index (χ0n) is 11.6. The SMILES string of the molecule is Cn1c(Oc2ccc(C#N)cc2Cl)c(C#N)c(=O)n(C)c1=O. The fourth-order valence-electron chi connectivity index (χ4n) is 1.80. The van der Waals surface area contributed by atoms with Gasteiger partial charge in [0.05, 0.1) is 16.7 Å². The maximum atomic E-state index is 11.9. The average molecular weight is 317 g/mol. The van der Waals surface area contributed by atoms with Crippen LogP contribution in [0.25, 0.3) is 0 Å². The van der Waals surface area contributed by atoms with Crippen molar-refractivity contribution < 1.29 is 4.74 Å². The molecule has 0 saturated heterocycles. The lowest BCUT2D eigenvalue weighted by molar-refractivity contribution is 0.421. The van der Waals surface area contributed by atoms with Crippen molar-refractivity contribution in [1.29, 1.82) is 10.5 Å². The molecule has 0 unspecified atom stereocenters. The molecule has 0 aliphatic carbocycles. The maximum Gasteiger partial charge on any atom is 0.333 e. The van der Waals surface area contributed by atoms with Crippen molar-refractivity contribution in [3.05, 3.63) is 55.2 Å². The summed E-state index contributed by atoms with van der Waals surface area (Å²) in [6.07, 6.45) is 0. The minimum atomic E-state index is -0.759. The minimum Gasteiger partial charge on any atom is -0.437 e. The lowest BCUT2D eigenvalue weighted by Crippen LogP contribution is -2.38. The Kier molecular flexibility index (Phi) is 4.02. The summed E-state index contributed by atoms with van der Waals surface area (Å²) in [5.41, 5.74) is -1.38. The first kappa shape index (κ1) is 15.4. The zero-order chi connectivity index (χ0) is 16.4. The molecule has 0 fully saturated rings. The summed E-state index contributed by atoms with van der Waals surface area (Å²) in [5, 5.41) is 18.0. The van der Waals surface area contributed by atoms with E-state index in [0.717, 1.165) is 9.13 Å². The number of halogens is 1. The van der Waals surface area contributed by atoms with E-state index in [2.05, 4.69) is 0 Å². The van der Waals surface area contributed by atoms with Crippen LogP contribution in [0.4, 0.5) is 0 Å². The summed E-state index contributed by atoms with van der Waals surface area (Å²) in [7, 11) is 2.64. The van der Waals surface area contributed by atoms with E-state index in [1.165, 1.54) is 32.3 Å². The Morgan fingerprint density at radius 2 is 1.82 bits per heavy atom. The predicted octanol–water partition coefficient (Wildman–Crippen LogP) is 1.27. The topological polar surface area (TPSA) is 101 Å². The molecule has 110 valence electrons. The van der Waals surface area contributed by atoms with Crippen LogP contribution in [0.15, 0.2) is 27.8 Å². The Morgan fingerprint density at radius 3 is 2.36 bits per heavy atom. The molecule has 0 N–H and O–H groups in total. The van der Waals surface area contributed by atoms with Crippen LogP contribution in [0.5, 0.6) is 11.6 Å². The van der Waals surface area contributed by atoms with Gasteiger partial charge in [-0.25, -0.2) is 4.79 Å². The highest BCUT2D eigenvalue weighted by Crippen LogP contribution is 2.30. The number of nitrogens with zero attached hydrogens (tertiary/aromatic N) is 4. The standard InChI is InChI=1S/C14H9ClN4O3/c1-18-12(20)9(7-17)13(19(2)14(18)21)22-11-4-3-8(6-16)5-10(11)15/h3-5H,1-2H3. The van der Waals surface area contributed by atoms with Gasteiger partial charge in [0.1, 0.15) is 11.8 Å². The highest BCUT2D eigenvalue weighted by atomic mass is 35.5. The van der Waals surface area contributed by atoms with Crippen LogP contribution >= 0.6 is 11.6 Å². The summed E-state index contributed by atoms with van der Waals surface area (Å²) in [4.78, 5) is 23.9. The van der Waals surface area contributed by atoms with Crippen molar-refractivity contribution >= 4 is 11.6 Å². The lowest BCUT2D eigenvalue weighted by Gasteiger charge is -2.13. The van der Waals surface area contributed by atoms with E-state index in [0.29, 0.717) is 5.56 Å². The molecule has 1 aromatic carbocycles. The molecule has 2 rings (SSSR count). The number of ether oxygens (including phenoxy) is 1. The number of aromatic nitrogens is 2. The molecule has 7 nitrogen and oxygen atoms in total. The van der Waals surface area contributed by atoms with Gasteiger partial charge in [0.25, 0.3) is 5.56 Å². The summed E-state index contributed by atoms with van der Waals surface area (Å²) < 4.78 is 7.31. The van der Waals surface area contributed by atoms with Crippen LogP contribution in [0.3, 0.4) is 0 Å². The highest BCUT2D eigenvalue weighted by molar-refractivity contribution is 6.32. The molecule has 2 aromatic rings. The zero-order valence-corrected chi connectivity index (χ0v) is 12.4. The molecule has 0 aliphatic heterocycles. The second-order valence-corrected chi connectivity index (χ2v) is 4.76. The fourth-order valence-corrected chi connectivity index (χ4v) is 2.02. The number of benzene rings is 1. The molecular formula is C14H9ClN4O3. The minimum absolute atomic E-state index is 0.121. The van der Waals surface area contributed by atoms with Crippen molar-refractivity contribution in [3.8, 4) is 23.8 Å². The van der Waals surface area contributed by atoms with Crippen molar-refractivity contribution in [3.63, 3.8) is 0 Å². The molecule has 1 heterocycles. The summed E-state index contributed by atoms with van der Waals surface area (Å²) in [6.45, 7) is 0. The predicted molar refractivity (Wildman–Crippen MR) is 77.9 cm³/mol. The van der Waals surface area contributed by atoms with E-state index in [1.54, 1.807) is 6.07 Å². The molecule has 0 amide bonds. The van der Waals surface area contributed by atoms with Gasteiger partial charge in [-0.05, 0) is 18.2 Å². The summed E-state index contributed by atoms with van der Waals surface area (Å²) in [6, 6.07) is 7.90. The third-order valence-electron chi connectivity index (χ3n) is 2.99. The normalized spacial score (nSPS) is 9.86. The van der Waals surface area contributed by atoms with E-state index in [4.69, 9.17) is 26.9 Å². The first-order valence-corrected chi connectivity index (χ1v) is 6.36. The van der Waals surface area contributed by atoms with Gasteiger partial charge in [0.15, 0.2) is 5.56 Å². The third-order valence-corrected chi connectivity index (χ3v) is 3.29. The molecule has 0 bridgehead atoms. The van der Waals surface area contributed by atoms with Crippen molar-refractivity contribution in [2.45, 2.75) is 0 Å². The van der Waals surface area contributed by atoms with E-state index in [1.807, 2.05) is 6.07 Å². The van der Waals surface area contributed by atoms with Gasteiger partial charge < -0.3 is 4.74 Å². The van der Waals surface area contributed by atoms with Gasteiger partial charge in [0, 0.05) is 14.1 Å². The van der Waals surface area contributed by atoms with Crippen LogP contribution < -0.4 is 16.0 Å². The Balaban J connectivity index is 2.66. The molecule has 0 saturated carbocycles. The van der Waals surface area contributed by atoms with Gasteiger partial charge in [-0.15, -0.1) is 0 Å². The van der Waals surface area contributed by atoms with Gasteiger partial charge in [0.2, 0.25) is 5.88 Å². The van der Waals surface area contributed by atoms with Crippen LogP contribution in [0.2, 0.25) is 5.02 Å². The molecule has 22 heavy (non-hydrogen) atoms. The monoisotopic (exact) mass is 316 g/mol. The summed E-state index contributed by atoms with van der Waals surface area (Å²) >= 11 is 5.99. The van der Waals surface area contributed by atoms with Crippen LogP contribution in [-0.4, -0.2) is 9.13 Å². The third kappa shape index (κ3) is 2.46. The van der Waals surface area contributed by atoms with Crippen molar-refractivity contribution in [2.24, 2.45) is 14.1 Å². The van der Waals surface area contributed by atoms with Gasteiger partial charge >= 0.3 is 5.69 Å². The number of hydrogen-bond acceptors (Lipinski definition) is 5. The average Bonchev–Trinajstić information content (AvgIpc) is 2.52. The first-order valence-electron chi connectivity index (χ1n) is 5.98. The summed E-state index contributed by atoms with van der Waals surface area (Å²) in [5.74, 6) is -0.0809. The molecule has 0 aliphatic rings. The van der Waals surface area contributed by atoms with Crippen LogP contribution in [0.1, 0.15) is 11.1 Å². The van der Waals surface area contributed by atoms with E-state index in [-0.39, 0.29) is 22.2 Å². The smallest absolute Gasteiger partial charge is 0.333 e. The Bertz CT molecular complexity index is 960. The van der Waals surface area contributed by atoms with Crippen molar-refractivity contribution in [2.75, 3.05) is 0 Å². The second-order valence-electron chi connectivity index (χ2n) is 4.36. The molecule has 0 spiro atoms. The quantitative estimate of drug-likeness (QED) is 0.830. The Labute approximate surface area is 129 Å². The molecule has 0 atom stereocenters. The van der Waals surface area contributed by atoms with E-state index < -0.39 is 11.2 Å². The molecule has 8 heteroatoms. The molecular weight excluding hydrogens is 308 g/mol. The molecule has 0 radical (unpaired) electrons. The van der Waals surface area contributed by atoms with Crippen molar-refractivity contribution in [1.82, 2.24) is 9.13 Å². The van der Waals surface area contributed by atoms with Crippen LogP contribution in [0, 0.1) is 22.7 Å². The number of rotatable bonds is 2. The fraction of sp³-hybridized carbons (Fsp3) is 0.143. The Hall–Kier alpha value is -3.03. The Morgan fingerprint density at radius 1 is 1.14 bits per heavy atom. The van der Waals surface area contributed by atoms with Gasteiger partial charge in [-0.3, -0.25) is 13.9 Å². The highest BCUT2D eigenvalue weighted by Gasteiger charge is 2.18. The van der Waals surface area contributed by atoms with Gasteiger partial charge in [-0.2, -0.15) is 10.5 Å². The second kappa shape index (κ2) is 5.76. The lowest BCUT2D eigenvalue weighted by atomic mass is 10.2.